The Labute approximate surface area is 86.8 Å². The maximum Gasteiger partial charge on any atom is 0.0459 e. The molecule has 0 heterocycles. The summed E-state index contributed by atoms with van der Waals surface area (Å²) in [6.45, 7) is 4.55. The average molecular weight is 192 g/mol. The Morgan fingerprint density at radius 1 is 1.29 bits per heavy atom. The van der Waals surface area contributed by atoms with Crippen LogP contribution in [0.15, 0.2) is 24.3 Å². The van der Waals surface area contributed by atoms with Crippen molar-refractivity contribution in [1.82, 2.24) is 0 Å². The molecule has 0 bridgehead atoms. The van der Waals surface area contributed by atoms with Crippen molar-refractivity contribution in [2.24, 2.45) is 5.92 Å². The summed E-state index contributed by atoms with van der Waals surface area (Å²) < 4.78 is 0. The highest BCUT2D eigenvalue weighted by Gasteiger charge is 2.02. The molecule has 0 fully saturated rings. The van der Waals surface area contributed by atoms with Crippen LogP contribution >= 0.6 is 0 Å². The third kappa shape index (κ3) is 3.51. The number of aliphatic hydroxyl groups is 1. The first-order chi connectivity index (χ1) is 6.76. The summed E-state index contributed by atoms with van der Waals surface area (Å²) in [5.74, 6) is 0.367. The minimum Gasteiger partial charge on any atom is -0.396 e. The Kier molecular flexibility index (Phi) is 4.68. The monoisotopic (exact) mass is 192 g/mol. The molecule has 14 heavy (non-hydrogen) atoms. The highest BCUT2D eigenvalue weighted by Crippen LogP contribution is 2.11. The Morgan fingerprint density at radius 3 is 2.64 bits per heavy atom. The van der Waals surface area contributed by atoms with Crippen LogP contribution < -0.4 is 0 Å². The number of aryl methyl sites for hydroxylation is 1. The van der Waals surface area contributed by atoms with Crippen LogP contribution in [0.4, 0.5) is 0 Å². The first-order valence-electron chi connectivity index (χ1n) is 5.45. The molecule has 1 nitrogen and oxygen atoms in total. The molecule has 0 aliphatic carbocycles. The molecule has 78 valence electrons. The van der Waals surface area contributed by atoms with E-state index in [4.69, 9.17) is 5.11 Å². The van der Waals surface area contributed by atoms with Gasteiger partial charge in [-0.25, -0.2) is 0 Å². The lowest BCUT2D eigenvalue weighted by atomic mass is 9.99. The van der Waals surface area contributed by atoms with E-state index in [2.05, 4.69) is 38.1 Å². The van der Waals surface area contributed by atoms with E-state index in [0.717, 1.165) is 12.8 Å². The number of benzene rings is 1. The van der Waals surface area contributed by atoms with Crippen LogP contribution in [-0.2, 0) is 12.8 Å². The predicted molar refractivity (Wildman–Crippen MR) is 60.4 cm³/mol. The van der Waals surface area contributed by atoms with Crippen molar-refractivity contribution in [3.05, 3.63) is 35.4 Å². The minimum atomic E-state index is 0.276. The summed E-state index contributed by atoms with van der Waals surface area (Å²) in [5, 5.41) is 8.97. The molecule has 1 aromatic carbocycles. The molecule has 0 saturated carbocycles. The van der Waals surface area contributed by atoms with Crippen LogP contribution in [0.2, 0.25) is 0 Å². The first-order valence-corrected chi connectivity index (χ1v) is 5.45. The van der Waals surface area contributed by atoms with Gasteiger partial charge in [0.25, 0.3) is 0 Å². The highest BCUT2D eigenvalue weighted by molar-refractivity contribution is 5.23. The van der Waals surface area contributed by atoms with Crippen LogP contribution in [0.5, 0.6) is 0 Å². The Balaban J connectivity index is 2.63. The van der Waals surface area contributed by atoms with E-state index in [9.17, 15) is 0 Å². The van der Waals surface area contributed by atoms with Crippen LogP contribution in [0.1, 0.15) is 31.4 Å². The van der Waals surface area contributed by atoms with Gasteiger partial charge >= 0.3 is 0 Å². The maximum atomic E-state index is 8.97. The quantitative estimate of drug-likeness (QED) is 0.760. The highest BCUT2D eigenvalue weighted by atomic mass is 16.3. The van der Waals surface area contributed by atoms with Crippen LogP contribution in [-0.4, -0.2) is 11.7 Å². The summed E-state index contributed by atoms with van der Waals surface area (Å²) in [4.78, 5) is 0. The standard InChI is InChI=1S/C13H20O/c1-3-5-12-6-4-7-13(9-12)8-11(2)10-14/h4,6-7,9,11,14H,3,5,8,10H2,1-2H3. The molecule has 1 atom stereocenters. The zero-order valence-electron chi connectivity index (χ0n) is 9.16. The largest absolute Gasteiger partial charge is 0.396 e. The number of aliphatic hydroxyl groups excluding tert-OH is 1. The summed E-state index contributed by atoms with van der Waals surface area (Å²) in [5.41, 5.74) is 2.76. The number of hydrogen-bond donors (Lipinski definition) is 1. The van der Waals surface area contributed by atoms with Crippen LogP contribution in [0, 0.1) is 5.92 Å². The lowest BCUT2D eigenvalue weighted by molar-refractivity contribution is 0.237. The van der Waals surface area contributed by atoms with Gasteiger partial charge < -0.3 is 5.11 Å². The fourth-order valence-corrected chi connectivity index (χ4v) is 1.67. The fourth-order valence-electron chi connectivity index (χ4n) is 1.67. The van der Waals surface area contributed by atoms with Crippen molar-refractivity contribution in [3.63, 3.8) is 0 Å². The molecule has 1 rings (SSSR count). The summed E-state index contributed by atoms with van der Waals surface area (Å²) in [6.07, 6.45) is 3.33. The van der Waals surface area contributed by atoms with Gasteiger partial charge in [-0.1, -0.05) is 44.5 Å². The lowest BCUT2D eigenvalue weighted by Crippen LogP contribution is -2.04. The maximum absolute atomic E-state index is 8.97. The lowest BCUT2D eigenvalue weighted by Gasteiger charge is -2.08. The molecule has 0 spiro atoms. The average Bonchev–Trinajstić information content (AvgIpc) is 2.19. The molecule has 1 unspecified atom stereocenters. The van der Waals surface area contributed by atoms with E-state index in [0.29, 0.717) is 5.92 Å². The van der Waals surface area contributed by atoms with E-state index in [-0.39, 0.29) is 6.61 Å². The molecular formula is C13H20O. The predicted octanol–water partition coefficient (Wildman–Crippen LogP) is 2.81. The zero-order valence-corrected chi connectivity index (χ0v) is 9.16. The van der Waals surface area contributed by atoms with Crippen molar-refractivity contribution < 1.29 is 5.11 Å². The van der Waals surface area contributed by atoms with Gasteiger partial charge in [-0.05, 0) is 29.9 Å². The van der Waals surface area contributed by atoms with Gasteiger partial charge in [-0.15, -0.1) is 0 Å². The second-order valence-corrected chi connectivity index (χ2v) is 4.06. The normalized spacial score (nSPS) is 12.8. The van der Waals surface area contributed by atoms with Crippen molar-refractivity contribution in [2.75, 3.05) is 6.61 Å². The molecular weight excluding hydrogens is 172 g/mol. The minimum absolute atomic E-state index is 0.276. The topological polar surface area (TPSA) is 20.2 Å². The van der Waals surface area contributed by atoms with Crippen molar-refractivity contribution >= 4 is 0 Å². The van der Waals surface area contributed by atoms with Crippen LogP contribution in [0.3, 0.4) is 0 Å². The summed E-state index contributed by atoms with van der Waals surface area (Å²) in [6, 6.07) is 8.70. The molecule has 0 radical (unpaired) electrons. The van der Waals surface area contributed by atoms with Gasteiger partial charge in [0.05, 0.1) is 0 Å². The molecule has 0 aliphatic heterocycles. The fraction of sp³-hybridized carbons (Fsp3) is 0.538. The molecule has 0 amide bonds. The second kappa shape index (κ2) is 5.82. The van der Waals surface area contributed by atoms with Gasteiger partial charge in [0.2, 0.25) is 0 Å². The molecule has 0 saturated heterocycles. The second-order valence-electron chi connectivity index (χ2n) is 4.06. The number of rotatable bonds is 5. The SMILES string of the molecule is CCCc1cccc(CC(C)CO)c1. The molecule has 1 aromatic rings. The first kappa shape index (κ1) is 11.3. The third-order valence-corrected chi connectivity index (χ3v) is 2.43. The van der Waals surface area contributed by atoms with Crippen molar-refractivity contribution in [2.45, 2.75) is 33.1 Å². The molecule has 1 N–H and O–H groups in total. The van der Waals surface area contributed by atoms with E-state index in [1.807, 2.05) is 0 Å². The van der Waals surface area contributed by atoms with Gasteiger partial charge in [0, 0.05) is 6.61 Å². The Bertz CT molecular complexity index is 268. The van der Waals surface area contributed by atoms with Gasteiger partial charge in [0.1, 0.15) is 0 Å². The zero-order chi connectivity index (χ0) is 10.4. The smallest absolute Gasteiger partial charge is 0.0459 e. The van der Waals surface area contributed by atoms with E-state index >= 15 is 0 Å². The summed E-state index contributed by atoms with van der Waals surface area (Å²) in [7, 11) is 0. The number of hydrogen-bond acceptors (Lipinski definition) is 1. The van der Waals surface area contributed by atoms with E-state index < -0.39 is 0 Å². The van der Waals surface area contributed by atoms with Crippen molar-refractivity contribution in [3.8, 4) is 0 Å². The summed E-state index contributed by atoms with van der Waals surface area (Å²) >= 11 is 0. The van der Waals surface area contributed by atoms with Gasteiger partial charge in [0.15, 0.2) is 0 Å². The van der Waals surface area contributed by atoms with E-state index in [1.54, 1.807) is 0 Å². The van der Waals surface area contributed by atoms with Gasteiger partial charge in [-0.3, -0.25) is 0 Å². The molecule has 1 heteroatoms. The molecule has 0 aromatic heterocycles. The Morgan fingerprint density at radius 2 is 2.00 bits per heavy atom. The third-order valence-electron chi connectivity index (χ3n) is 2.43. The molecule has 0 aliphatic rings. The van der Waals surface area contributed by atoms with E-state index in [1.165, 1.54) is 17.5 Å². The van der Waals surface area contributed by atoms with Crippen LogP contribution in [0.25, 0.3) is 0 Å². The Hall–Kier alpha value is -0.820. The van der Waals surface area contributed by atoms with Crippen molar-refractivity contribution in [1.29, 1.82) is 0 Å². The van der Waals surface area contributed by atoms with Gasteiger partial charge in [-0.2, -0.15) is 0 Å².